The molecule has 8 heteroatoms. The van der Waals surface area contributed by atoms with Crippen LogP contribution in [0.1, 0.15) is 5.76 Å². The summed E-state index contributed by atoms with van der Waals surface area (Å²) in [6.45, 7) is 1.61. The number of aromatic hydroxyl groups is 2. The summed E-state index contributed by atoms with van der Waals surface area (Å²) in [5, 5.41) is 20.2. The van der Waals surface area contributed by atoms with Gasteiger partial charge in [0.2, 0.25) is 11.2 Å². The van der Waals surface area contributed by atoms with Gasteiger partial charge in [-0.3, -0.25) is 4.79 Å². The molecule has 0 saturated carbocycles. The number of imidazole rings is 1. The average molecular weight is 380 g/mol. The predicted molar refractivity (Wildman–Crippen MR) is 100 cm³/mol. The van der Waals surface area contributed by atoms with Crippen molar-refractivity contribution in [1.82, 2.24) is 9.97 Å². The number of aromatic amines is 1. The Morgan fingerprint density at radius 1 is 1.18 bits per heavy atom. The average Bonchev–Trinajstić information content (AvgIpc) is 3.34. The van der Waals surface area contributed by atoms with E-state index in [1.807, 2.05) is 0 Å². The van der Waals surface area contributed by atoms with Crippen molar-refractivity contribution in [3.63, 3.8) is 0 Å². The predicted octanol–water partition coefficient (Wildman–Crippen LogP) is 3.69. The summed E-state index contributed by atoms with van der Waals surface area (Å²) >= 11 is 0. The summed E-state index contributed by atoms with van der Waals surface area (Å²) < 4.78 is 16.2. The van der Waals surface area contributed by atoms with Gasteiger partial charge < -0.3 is 28.8 Å². The first kappa shape index (κ1) is 17.5. The van der Waals surface area contributed by atoms with Gasteiger partial charge in [-0.05, 0) is 37.3 Å². The molecule has 4 aromatic rings. The minimum atomic E-state index is -0.567. The molecule has 0 aliphatic rings. The van der Waals surface area contributed by atoms with E-state index in [0.717, 1.165) is 0 Å². The molecule has 3 aromatic heterocycles. The van der Waals surface area contributed by atoms with Crippen molar-refractivity contribution in [1.29, 1.82) is 0 Å². The number of H-pyrrole nitrogens is 1. The lowest BCUT2D eigenvalue weighted by Crippen LogP contribution is -2.01. The number of aromatic nitrogens is 2. The van der Waals surface area contributed by atoms with Gasteiger partial charge in [0, 0.05) is 11.6 Å². The minimum absolute atomic E-state index is 0.0282. The van der Waals surface area contributed by atoms with Gasteiger partial charge in [0.25, 0.3) is 0 Å². The van der Waals surface area contributed by atoms with Crippen molar-refractivity contribution < 1.29 is 23.8 Å². The number of nitrogens with one attached hydrogen (secondary N) is 1. The Kier molecular flexibility index (Phi) is 4.15. The number of ether oxygens (including phenoxy) is 1. The van der Waals surface area contributed by atoms with E-state index in [9.17, 15) is 15.0 Å². The second-order valence-corrected chi connectivity index (χ2v) is 6.07. The van der Waals surface area contributed by atoms with Crippen LogP contribution in [0.5, 0.6) is 17.2 Å². The first-order chi connectivity index (χ1) is 13.5. The third-order valence-corrected chi connectivity index (χ3v) is 4.18. The molecule has 0 radical (unpaired) electrons. The maximum absolute atomic E-state index is 12.0. The van der Waals surface area contributed by atoms with Crippen LogP contribution in [0.25, 0.3) is 34.3 Å². The zero-order valence-electron chi connectivity index (χ0n) is 15.0. The van der Waals surface area contributed by atoms with Crippen LogP contribution >= 0.6 is 0 Å². The lowest BCUT2D eigenvalue weighted by Gasteiger charge is -2.08. The highest BCUT2D eigenvalue weighted by molar-refractivity contribution is 5.81. The molecular weight excluding hydrogens is 364 g/mol. The Labute approximate surface area is 158 Å². The zero-order chi connectivity index (χ0) is 19.8. The van der Waals surface area contributed by atoms with Crippen LogP contribution in [0.4, 0.5) is 0 Å². The number of hydrogen-bond donors (Lipinski definition) is 3. The Morgan fingerprint density at radius 3 is 2.71 bits per heavy atom. The SMILES string of the molecule is COc1cc(-c2nc(-c3ccco3)[nH]c2-c2oc(C)cc(=O)c2O)ccc1O. The second kappa shape index (κ2) is 6.66. The molecule has 4 rings (SSSR count). The maximum Gasteiger partial charge on any atom is 0.227 e. The lowest BCUT2D eigenvalue weighted by atomic mass is 10.1. The van der Waals surface area contributed by atoms with Crippen molar-refractivity contribution in [3.8, 4) is 51.5 Å². The third kappa shape index (κ3) is 2.90. The summed E-state index contributed by atoms with van der Waals surface area (Å²) in [5.41, 5.74) is 0.676. The number of methoxy groups -OCH3 is 1. The molecule has 1 aromatic carbocycles. The van der Waals surface area contributed by atoms with Crippen molar-refractivity contribution in [3.05, 3.63) is 58.6 Å². The van der Waals surface area contributed by atoms with Gasteiger partial charge in [0.15, 0.2) is 28.8 Å². The number of aryl methyl sites for hydroxylation is 1. The normalized spacial score (nSPS) is 10.9. The Hall–Kier alpha value is -3.94. The van der Waals surface area contributed by atoms with E-state index >= 15 is 0 Å². The van der Waals surface area contributed by atoms with Crippen molar-refractivity contribution in [2.24, 2.45) is 0 Å². The van der Waals surface area contributed by atoms with E-state index in [1.165, 1.54) is 25.5 Å². The molecular formula is C20H16N2O6. The van der Waals surface area contributed by atoms with Crippen LogP contribution in [0.3, 0.4) is 0 Å². The number of furan rings is 1. The maximum atomic E-state index is 12.0. The van der Waals surface area contributed by atoms with E-state index in [0.29, 0.717) is 28.6 Å². The quantitative estimate of drug-likeness (QED) is 0.493. The summed E-state index contributed by atoms with van der Waals surface area (Å²) in [5.74, 6) is 0.824. The fourth-order valence-electron chi connectivity index (χ4n) is 2.87. The Morgan fingerprint density at radius 2 is 2.00 bits per heavy atom. The molecule has 0 saturated heterocycles. The Balaban J connectivity index is 1.99. The van der Waals surface area contributed by atoms with Crippen LogP contribution in [-0.4, -0.2) is 27.3 Å². The molecule has 0 bridgehead atoms. The van der Waals surface area contributed by atoms with Crippen LogP contribution in [0, 0.1) is 6.92 Å². The van der Waals surface area contributed by atoms with Crippen molar-refractivity contribution >= 4 is 0 Å². The molecule has 28 heavy (non-hydrogen) atoms. The molecule has 0 aliphatic carbocycles. The number of hydrogen-bond acceptors (Lipinski definition) is 7. The van der Waals surface area contributed by atoms with Gasteiger partial charge in [-0.25, -0.2) is 4.98 Å². The number of nitrogens with zero attached hydrogens (tertiary/aromatic N) is 1. The van der Waals surface area contributed by atoms with E-state index in [-0.39, 0.29) is 23.0 Å². The smallest absolute Gasteiger partial charge is 0.227 e. The number of benzene rings is 1. The zero-order valence-corrected chi connectivity index (χ0v) is 15.0. The number of phenolic OH excluding ortho intramolecular Hbond substituents is 1. The summed E-state index contributed by atoms with van der Waals surface area (Å²) in [6, 6.07) is 9.32. The second-order valence-electron chi connectivity index (χ2n) is 6.07. The van der Waals surface area contributed by atoms with Gasteiger partial charge in [0.1, 0.15) is 17.1 Å². The molecule has 0 unspecified atom stereocenters. The van der Waals surface area contributed by atoms with E-state index in [1.54, 1.807) is 31.2 Å². The molecule has 0 amide bonds. The highest BCUT2D eigenvalue weighted by Gasteiger charge is 2.23. The molecule has 0 atom stereocenters. The molecule has 0 fully saturated rings. The van der Waals surface area contributed by atoms with Crippen molar-refractivity contribution in [2.45, 2.75) is 6.92 Å². The van der Waals surface area contributed by atoms with Gasteiger partial charge >= 0.3 is 0 Å². The Bertz CT molecular complexity index is 1200. The van der Waals surface area contributed by atoms with Gasteiger partial charge in [0.05, 0.1) is 13.4 Å². The third-order valence-electron chi connectivity index (χ3n) is 4.18. The summed E-state index contributed by atoms with van der Waals surface area (Å²) in [7, 11) is 1.43. The van der Waals surface area contributed by atoms with Crippen LogP contribution in [0.15, 0.2) is 56.3 Å². The minimum Gasteiger partial charge on any atom is -0.504 e. The largest absolute Gasteiger partial charge is 0.504 e. The van der Waals surface area contributed by atoms with Crippen molar-refractivity contribution in [2.75, 3.05) is 7.11 Å². The monoisotopic (exact) mass is 380 g/mol. The van der Waals surface area contributed by atoms with Crippen LogP contribution in [-0.2, 0) is 0 Å². The van der Waals surface area contributed by atoms with E-state index in [4.69, 9.17) is 13.6 Å². The molecule has 142 valence electrons. The number of phenols is 1. The first-order valence-corrected chi connectivity index (χ1v) is 8.33. The van der Waals surface area contributed by atoms with Gasteiger partial charge in [-0.15, -0.1) is 0 Å². The summed E-state index contributed by atoms with van der Waals surface area (Å²) in [4.78, 5) is 19.6. The number of rotatable bonds is 4. The topological polar surface area (TPSA) is 122 Å². The molecule has 0 aliphatic heterocycles. The summed E-state index contributed by atoms with van der Waals surface area (Å²) in [6.07, 6.45) is 1.51. The van der Waals surface area contributed by atoms with E-state index < -0.39 is 11.2 Å². The van der Waals surface area contributed by atoms with Crippen LogP contribution in [0.2, 0.25) is 0 Å². The molecule has 3 heterocycles. The van der Waals surface area contributed by atoms with Gasteiger partial charge in [-0.1, -0.05) is 0 Å². The van der Waals surface area contributed by atoms with Gasteiger partial charge in [-0.2, -0.15) is 0 Å². The van der Waals surface area contributed by atoms with E-state index in [2.05, 4.69) is 9.97 Å². The van der Waals surface area contributed by atoms with Crippen LogP contribution < -0.4 is 10.2 Å². The molecule has 8 nitrogen and oxygen atoms in total. The standard InChI is InChI=1S/C20H16N2O6/c1-10-8-13(24)18(25)19(28-10)17-16(11-5-6-12(23)15(9-11)26-2)21-20(22-17)14-4-3-7-27-14/h3-9,23,25H,1-2H3,(H,21,22). The molecule has 3 N–H and O–H groups in total. The highest BCUT2D eigenvalue weighted by atomic mass is 16.5. The fraction of sp³-hybridized carbons (Fsp3) is 0.100. The highest BCUT2D eigenvalue weighted by Crippen LogP contribution is 2.39. The lowest BCUT2D eigenvalue weighted by molar-refractivity contribution is 0.373. The fourth-order valence-corrected chi connectivity index (χ4v) is 2.87. The molecule has 0 spiro atoms. The first-order valence-electron chi connectivity index (χ1n) is 8.33.